The molecule has 0 aromatic carbocycles. The van der Waals surface area contributed by atoms with E-state index in [0.29, 0.717) is 6.04 Å². The molecule has 0 amide bonds. The van der Waals surface area contributed by atoms with Gasteiger partial charge in [0.25, 0.3) is 0 Å². The van der Waals surface area contributed by atoms with Gasteiger partial charge in [-0.3, -0.25) is 0 Å². The van der Waals surface area contributed by atoms with Crippen LogP contribution < -0.4 is 4.90 Å². The predicted molar refractivity (Wildman–Crippen MR) is 52.6 cm³/mol. The van der Waals surface area contributed by atoms with Crippen molar-refractivity contribution in [2.45, 2.75) is 19.4 Å². The fourth-order valence-corrected chi connectivity index (χ4v) is 1.58. The molecule has 2 rings (SSSR count). The van der Waals surface area contributed by atoms with Gasteiger partial charge in [-0.1, -0.05) is 0 Å². The maximum atomic E-state index is 10.6. The van der Waals surface area contributed by atoms with Crippen LogP contribution in [0.15, 0.2) is 18.3 Å². The van der Waals surface area contributed by atoms with Gasteiger partial charge in [0.2, 0.25) is 0 Å². The topological polar surface area (TPSA) is 53.4 Å². The Balaban J connectivity index is 2.17. The number of aromatic nitrogens is 1. The third-order valence-electron chi connectivity index (χ3n) is 2.62. The number of rotatable bonds is 2. The van der Waals surface area contributed by atoms with Crippen LogP contribution in [0.25, 0.3) is 0 Å². The molecule has 0 radical (unpaired) electrons. The summed E-state index contributed by atoms with van der Waals surface area (Å²) in [5.41, 5.74) is 1.11. The van der Waals surface area contributed by atoms with Gasteiger partial charge >= 0.3 is 5.97 Å². The van der Waals surface area contributed by atoms with Crippen molar-refractivity contribution in [3.8, 4) is 0 Å². The Labute approximate surface area is 82.2 Å². The van der Waals surface area contributed by atoms with Gasteiger partial charge in [-0.2, -0.15) is 0 Å². The normalized spacial score (nSPS) is 20.4. The van der Waals surface area contributed by atoms with E-state index in [2.05, 4.69) is 16.8 Å². The first-order valence-electron chi connectivity index (χ1n) is 4.64. The minimum absolute atomic E-state index is 0.0990. The number of hydrogen-bond donors (Lipinski definition) is 1. The summed E-state index contributed by atoms with van der Waals surface area (Å²) < 4.78 is 0. The Hall–Kier alpha value is -1.58. The molecule has 1 aromatic rings. The highest BCUT2D eigenvalue weighted by Gasteiger charge is 2.23. The number of hydrogen-bond acceptors (Lipinski definition) is 3. The lowest BCUT2D eigenvalue weighted by atomic mass is 10.0. The first kappa shape index (κ1) is 8.99. The summed E-state index contributed by atoms with van der Waals surface area (Å²) in [4.78, 5) is 16.6. The summed E-state index contributed by atoms with van der Waals surface area (Å²) in [7, 11) is 0. The van der Waals surface area contributed by atoms with Crippen molar-refractivity contribution >= 4 is 11.7 Å². The van der Waals surface area contributed by atoms with E-state index in [-0.39, 0.29) is 5.69 Å². The van der Waals surface area contributed by atoms with Crippen molar-refractivity contribution in [3.05, 3.63) is 24.0 Å². The van der Waals surface area contributed by atoms with Crippen LogP contribution in [0.5, 0.6) is 0 Å². The molecule has 1 aliphatic rings. The zero-order valence-corrected chi connectivity index (χ0v) is 7.97. The van der Waals surface area contributed by atoms with Crippen LogP contribution in [0.1, 0.15) is 23.8 Å². The van der Waals surface area contributed by atoms with Gasteiger partial charge in [0, 0.05) is 12.6 Å². The minimum atomic E-state index is -0.979. The molecule has 1 unspecified atom stereocenters. The van der Waals surface area contributed by atoms with Crippen molar-refractivity contribution in [2.75, 3.05) is 11.4 Å². The quantitative estimate of drug-likeness (QED) is 0.769. The average molecular weight is 192 g/mol. The lowest BCUT2D eigenvalue weighted by molar-refractivity contribution is 0.0690. The lowest BCUT2D eigenvalue weighted by Gasteiger charge is -2.40. The summed E-state index contributed by atoms with van der Waals surface area (Å²) in [6, 6.07) is 3.90. The van der Waals surface area contributed by atoms with E-state index >= 15 is 0 Å². The van der Waals surface area contributed by atoms with E-state index in [0.717, 1.165) is 12.2 Å². The molecule has 1 aliphatic heterocycles. The third-order valence-corrected chi connectivity index (χ3v) is 2.62. The largest absolute Gasteiger partial charge is 0.477 e. The zero-order chi connectivity index (χ0) is 10.1. The molecule has 0 saturated carbocycles. The maximum Gasteiger partial charge on any atom is 0.354 e. The van der Waals surface area contributed by atoms with Gasteiger partial charge in [-0.15, -0.1) is 0 Å². The maximum absolute atomic E-state index is 10.6. The molecule has 4 nitrogen and oxygen atoms in total. The fraction of sp³-hybridized carbons (Fsp3) is 0.400. The number of carboxylic acid groups (broad SMARTS) is 1. The van der Waals surface area contributed by atoms with Crippen LogP contribution in [0, 0.1) is 0 Å². The standard InChI is InChI=1S/C10H12N2O2/c1-7-4-5-12(7)8-2-3-9(10(13)14)11-6-8/h2-3,6-7H,4-5H2,1H3,(H,13,14). The summed E-state index contributed by atoms with van der Waals surface area (Å²) >= 11 is 0. The number of carboxylic acids is 1. The van der Waals surface area contributed by atoms with Crippen LogP contribution in [-0.2, 0) is 0 Å². The molecule has 1 saturated heterocycles. The molecule has 1 fully saturated rings. The van der Waals surface area contributed by atoms with Crippen molar-refractivity contribution in [3.63, 3.8) is 0 Å². The Bertz CT molecular complexity index is 348. The Morgan fingerprint density at radius 3 is 2.79 bits per heavy atom. The lowest BCUT2D eigenvalue weighted by Crippen LogP contribution is -2.45. The number of pyridine rings is 1. The molecule has 14 heavy (non-hydrogen) atoms. The fourth-order valence-electron chi connectivity index (χ4n) is 1.58. The van der Waals surface area contributed by atoms with E-state index in [9.17, 15) is 4.79 Å². The molecular formula is C10H12N2O2. The van der Waals surface area contributed by atoms with Gasteiger partial charge in [0.15, 0.2) is 0 Å². The first-order chi connectivity index (χ1) is 6.68. The number of aromatic carboxylic acids is 1. The van der Waals surface area contributed by atoms with E-state index in [1.54, 1.807) is 12.3 Å². The van der Waals surface area contributed by atoms with Crippen LogP contribution in [0.3, 0.4) is 0 Å². The number of carbonyl (C=O) groups is 1. The molecule has 74 valence electrons. The van der Waals surface area contributed by atoms with Crippen molar-refractivity contribution in [1.82, 2.24) is 4.98 Å². The molecule has 0 bridgehead atoms. The van der Waals surface area contributed by atoms with E-state index < -0.39 is 5.97 Å². The number of nitrogens with zero attached hydrogens (tertiary/aromatic N) is 2. The van der Waals surface area contributed by atoms with Crippen LogP contribution in [0.2, 0.25) is 0 Å². The Kier molecular flexibility index (Phi) is 2.11. The molecular weight excluding hydrogens is 180 g/mol. The Morgan fingerprint density at radius 2 is 2.43 bits per heavy atom. The van der Waals surface area contributed by atoms with Gasteiger partial charge < -0.3 is 10.0 Å². The van der Waals surface area contributed by atoms with Crippen molar-refractivity contribution < 1.29 is 9.90 Å². The predicted octanol–water partition coefficient (Wildman–Crippen LogP) is 1.38. The zero-order valence-electron chi connectivity index (χ0n) is 7.97. The summed E-state index contributed by atoms with van der Waals surface area (Å²) in [6.45, 7) is 3.18. The molecule has 4 heteroatoms. The summed E-state index contributed by atoms with van der Waals surface area (Å²) in [6.07, 6.45) is 2.82. The highest BCUT2D eigenvalue weighted by atomic mass is 16.4. The summed E-state index contributed by atoms with van der Waals surface area (Å²) in [5.74, 6) is -0.979. The average Bonchev–Trinajstić information content (AvgIpc) is 2.16. The molecule has 1 N–H and O–H groups in total. The summed E-state index contributed by atoms with van der Waals surface area (Å²) in [5, 5.41) is 8.66. The van der Waals surface area contributed by atoms with E-state index in [4.69, 9.17) is 5.11 Å². The van der Waals surface area contributed by atoms with E-state index in [1.807, 2.05) is 6.07 Å². The molecule has 2 heterocycles. The minimum Gasteiger partial charge on any atom is -0.477 e. The molecule has 1 aromatic heterocycles. The third kappa shape index (κ3) is 1.43. The Morgan fingerprint density at radius 1 is 1.64 bits per heavy atom. The highest BCUT2D eigenvalue weighted by molar-refractivity contribution is 5.85. The monoisotopic (exact) mass is 192 g/mol. The van der Waals surface area contributed by atoms with E-state index in [1.165, 1.54) is 6.42 Å². The van der Waals surface area contributed by atoms with Gasteiger partial charge in [0.05, 0.1) is 11.9 Å². The smallest absolute Gasteiger partial charge is 0.354 e. The molecule has 0 spiro atoms. The SMILES string of the molecule is CC1CCN1c1ccc(C(=O)O)nc1. The van der Waals surface area contributed by atoms with Crippen LogP contribution >= 0.6 is 0 Å². The highest BCUT2D eigenvalue weighted by Crippen LogP contribution is 2.25. The number of anilines is 1. The second kappa shape index (κ2) is 3.29. The first-order valence-corrected chi connectivity index (χ1v) is 4.64. The van der Waals surface area contributed by atoms with Gasteiger partial charge in [-0.05, 0) is 25.5 Å². The second-order valence-electron chi connectivity index (χ2n) is 3.54. The van der Waals surface area contributed by atoms with Crippen LogP contribution in [-0.4, -0.2) is 28.6 Å². The van der Waals surface area contributed by atoms with Crippen molar-refractivity contribution in [1.29, 1.82) is 0 Å². The van der Waals surface area contributed by atoms with Crippen molar-refractivity contribution in [2.24, 2.45) is 0 Å². The van der Waals surface area contributed by atoms with Gasteiger partial charge in [0.1, 0.15) is 5.69 Å². The molecule has 1 atom stereocenters. The molecule has 0 aliphatic carbocycles. The van der Waals surface area contributed by atoms with Crippen LogP contribution in [0.4, 0.5) is 5.69 Å². The van der Waals surface area contributed by atoms with Gasteiger partial charge in [-0.25, -0.2) is 9.78 Å². The second-order valence-corrected chi connectivity index (χ2v) is 3.54.